The van der Waals surface area contributed by atoms with Crippen LogP contribution in [0.5, 0.6) is 0 Å². The molecule has 0 saturated carbocycles. The van der Waals surface area contributed by atoms with Crippen LogP contribution in [0.4, 0.5) is 13.2 Å². The average molecular weight is 231 g/mol. The van der Waals surface area contributed by atoms with E-state index in [1.54, 1.807) is 6.07 Å². The number of benzene rings is 1. The van der Waals surface area contributed by atoms with Gasteiger partial charge in [-0.25, -0.2) is 0 Å². The number of hydrogen-bond acceptors (Lipinski definition) is 2. The molecule has 2 N–H and O–H groups in total. The van der Waals surface area contributed by atoms with E-state index in [1.807, 2.05) is 0 Å². The molecule has 1 heterocycles. The Hall–Kier alpha value is -1.07. The lowest BCUT2D eigenvalue weighted by Crippen LogP contribution is -2.23. The Labute approximate surface area is 91.2 Å². The largest absolute Gasteiger partial charge is 0.416 e. The summed E-state index contributed by atoms with van der Waals surface area (Å²) in [6.45, 7) is 0.502. The van der Waals surface area contributed by atoms with Crippen molar-refractivity contribution in [1.29, 1.82) is 0 Å². The first-order chi connectivity index (χ1) is 7.48. The van der Waals surface area contributed by atoms with Crippen LogP contribution in [-0.2, 0) is 10.9 Å². The normalized spacial score (nSPS) is 26.0. The molecule has 0 spiro atoms. The van der Waals surface area contributed by atoms with E-state index in [1.165, 1.54) is 6.07 Å². The van der Waals surface area contributed by atoms with Gasteiger partial charge in [0.25, 0.3) is 0 Å². The third kappa shape index (κ3) is 2.20. The zero-order valence-corrected chi connectivity index (χ0v) is 8.50. The Morgan fingerprint density at radius 2 is 2.06 bits per heavy atom. The first kappa shape index (κ1) is 11.4. The van der Waals surface area contributed by atoms with Crippen LogP contribution in [-0.4, -0.2) is 12.6 Å². The van der Waals surface area contributed by atoms with Crippen LogP contribution >= 0.6 is 0 Å². The minimum absolute atomic E-state index is 0.219. The van der Waals surface area contributed by atoms with Gasteiger partial charge in [-0.2, -0.15) is 13.2 Å². The second-order valence-corrected chi connectivity index (χ2v) is 3.87. The monoisotopic (exact) mass is 231 g/mol. The predicted octanol–water partition coefficient (Wildman–Crippen LogP) is 2.49. The third-order valence-corrected chi connectivity index (χ3v) is 2.68. The minimum atomic E-state index is -4.32. The highest BCUT2D eigenvalue weighted by Gasteiger charge is 2.32. The van der Waals surface area contributed by atoms with E-state index in [9.17, 15) is 13.2 Å². The van der Waals surface area contributed by atoms with Crippen LogP contribution in [0.25, 0.3) is 0 Å². The first-order valence-electron chi connectivity index (χ1n) is 5.03. The number of nitrogens with two attached hydrogens (primary N) is 1. The van der Waals surface area contributed by atoms with Crippen molar-refractivity contribution >= 4 is 0 Å². The molecule has 2 atom stereocenters. The van der Waals surface area contributed by atoms with Gasteiger partial charge in [0.2, 0.25) is 0 Å². The van der Waals surface area contributed by atoms with Crippen molar-refractivity contribution in [1.82, 2.24) is 0 Å². The van der Waals surface area contributed by atoms with Crippen LogP contribution < -0.4 is 5.73 Å². The van der Waals surface area contributed by atoms with Gasteiger partial charge in [-0.3, -0.25) is 0 Å². The molecule has 2 nitrogen and oxygen atoms in total. The summed E-state index contributed by atoms with van der Waals surface area (Å²) in [7, 11) is 0. The Morgan fingerprint density at radius 1 is 1.31 bits per heavy atom. The van der Waals surface area contributed by atoms with E-state index in [2.05, 4.69) is 0 Å². The van der Waals surface area contributed by atoms with Crippen molar-refractivity contribution in [2.24, 2.45) is 5.73 Å². The zero-order chi connectivity index (χ0) is 11.8. The molecule has 16 heavy (non-hydrogen) atoms. The predicted molar refractivity (Wildman–Crippen MR) is 52.7 cm³/mol. The Morgan fingerprint density at radius 3 is 2.62 bits per heavy atom. The first-order valence-corrected chi connectivity index (χ1v) is 5.03. The minimum Gasteiger partial charge on any atom is -0.372 e. The smallest absolute Gasteiger partial charge is 0.372 e. The van der Waals surface area contributed by atoms with E-state index in [0.717, 1.165) is 12.1 Å². The molecular formula is C11H12F3NO. The molecule has 1 aliphatic heterocycles. The molecule has 2 rings (SSSR count). The second kappa shape index (κ2) is 4.07. The molecule has 2 unspecified atom stereocenters. The maximum atomic E-state index is 12.5. The topological polar surface area (TPSA) is 35.2 Å². The van der Waals surface area contributed by atoms with Crippen molar-refractivity contribution in [2.75, 3.05) is 6.61 Å². The van der Waals surface area contributed by atoms with Gasteiger partial charge in [-0.05, 0) is 24.1 Å². The van der Waals surface area contributed by atoms with Crippen molar-refractivity contribution in [3.63, 3.8) is 0 Å². The average Bonchev–Trinajstić information content (AvgIpc) is 2.63. The summed E-state index contributed by atoms with van der Waals surface area (Å²) in [4.78, 5) is 0. The SMILES string of the molecule is NC1CCOC1c1cccc(C(F)(F)F)c1. The summed E-state index contributed by atoms with van der Waals surface area (Å²) < 4.78 is 42.8. The van der Waals surface area contributed by atoms with Crippen molar-refractivity contribution in [2.45, 2.75) is 24.7 Å². The lowest BCUT2D eigenvalue weighted by Gasteiger charge is -2.16. The molecule has 1 aromatic carbocycles. The lowest BCUT2D eigenvalue weighted by atomic mass is 10.0. The van der Waals surface area contributed by atoms with Gasteiger partial charge in [0.15, 0.2) is 0 Å². The van der Waals surface area contributed by atoms with Crippen LogP contribution in [0, 0.1) is 0 Å². The molecule has 0 aromatic heterocycles. The summed E-state index contributed by atoms with van der Waals surface area (Å²) in [6.07, 6.45) is -4.05. The second-order valence-electron chi connectivity index (χ2n) is 3.87. The van der Waals surface area contributed by atoms with Crippen LogP contribution in [0.1, 0.15) is 23.7 Å². The summed E-state index contributed by atoms with van der Waals surface area (Å²) in [6, 6.07) is 4.93. The Bertz CT molecular complexity index is 378. The van der Waals surface area contributed by atoms with Crippen LogP contribution in [0.2, 0.25) is 0 Å². The molecular weight excluding hydrogens is 219 g/mol. The summed E-state index contributed by atoms with van der Waals surface area (Å²) in [5.41, 5.74) is 5.60. The maximum absolute atomic E-state index is 12.5. The van der Waals surface area contributed by atoms with Gasteiger partial charge < -0.3 is 10.5 Å². The molecule has 88 valence electrons. The van der Waals surface area contributed by atoms with Gasteiger partial charge in [-0.15, -0.1) is 0 Å². The van der Waals surface area contributed by atoms with Gasteiger partial charge >= 0.3 is 6.18 Å². The van der Waals surface area contributed by atoms with E-state index < -0.39 is 17.8 Å². The number of ether oxygens (including phenoxy) is 1. The summed E-state index contributed by atoms with van der Waals surface area (Å²) in [5, 5.41) is 0. The molecule has 1 aliphatic rings. The highest BCUT2D eigenvalue weighted by Crippen LogP contribution is 2.33. The maximum Gasteiger partial charge on any atom is 0.416 e. The number of halogens is 3. The van der Waals surface area contributed by atoms with Crippen molar-refractivity contribution in [3.05, 3.63) is 35.4 Å². The third-order valence-electron chi connectivity index (χ3n) is 2.68. The molecule has 0 bridgehead atoms. The highest BCUT2D eigenvalue weighted by atomic mass is 19.4. The fraction of sp³-hybridized carbons (Fsp3) is 0.455. The Balaban J connectivity index is 2.29. The molecule has 1 saturated heterocycles. The van der Waals surface area contributed by atoms with E-state index in [-0.39, 0.29) is 6.04 Å². The highest BCUT2D eigenvalue weighted by molar-refractivity contribution is 5.28. The van der Waals surface area contributed by atoms with E-state index in [4.69, 9.17) is 10.5 Å². The molecule has 0 amide bonds. The molecule has 5 heteroatoms. The number of alkyl halides is 3. The lowest BCUT2D eigenvalue weighted by molar-refractivity contribution is -0.137. The van der Waals surface area contributed by atoms with Gasteiger partial charge in [0.1, 0.15) is 0 Å². The van der Waals surface area contributed by atoms with Crippen molar-refractivity contribution in [3.8, 4) is 0 Å². The quantitative estimate of drug-likeness (QED) is 0.805. The molecule has 1 aromatic rings. The van der Waals surface area contributed by atoms with Gasteiger partial charge in [0.05, 0.1) is 11.7 Å². The van der Waals surface area contributed by atoms with Crippen molar-refractivity contribution < 1.29 is 17.9 Å². The summed E-state index contributed by atoms with van der Waals surface area (Å²) in [5.74, 6) is 0. The van der Waals surface area contributed by atoms with Crippen LogP contribution in [0.3, 0.4) is 0 Å². The molecule has 1 fully saturated rings. The fourth-order valence-corrected chi connectivity index (χ4v) is 1.84. The van der Waals surface area contributed by atoms with Gasteiger partial charge in [0, 0.05) is 12.6 Å². The zero-order valence-electron chi connectivity index (χ0n) is 8.50. The number of rotatable bonds is 1. The Kier molecular flexibility index (Phi) is 2.90. The molecule has 0 radical (unpaired) electrons. The molecule has 0 aliphatic carbocycles. The van der Waals surface area contributed by atoms with E-state index in [0.29, 0.717) is 18.6 Å². The van der Waals surface area contributed by atoms with E-state index >= 15 is 0 Å². The summed E-state index contributed by atoms with van der Waals surface area (Å²) >= 11 is 0. The van der Waals surface area contributed by atoms with Gasteiger partial charge in [-0.1, -0.05) is 12.1 Å². The standard InChI is InChI=1S/C11H12F3NO/c12-11(13,14)8-3-1-2-7(6-8)10-9(15)4-5-16-10/h1-3,6,9-10H,4-5,15H2. The van der Waals surface area contributed by atoms with Crippen LogP contribution in [0.15, 0.2) is 24.3 Å². The number of hydrogen-bond donors (Lipinski definition) is 1. The fourth-order valence-electron chi connectivity index (χ4n) is 1.84.